The summed E-state index contributed by atoms with van der Waals surface area (Å²) in [6.07, 6.45) is 1.87. The van der Waals surface area contributed by atoms with Gasteiger partial charge in [-0.15, -0.1) is 0 Å². The Kier molecular flexibility index (Phi) is 4.45. The average Bonchev–Trinajstić information content (AvgIpc) is 3.07. The summed E-state index contributed by atoms with van der Waals surface area (Å²) in [6.45, 7) is 0. The van der Waals surface area contributed by atoms with Gasteiger partial charge in [-0.25, -0.2) is 9.78 Å². The molecule has 0 aliphatic carbocycles. The van der Waals surface area contributed by atoms with E-state index in [0.29, 0.717) is 11.5 Å². The third-order valence-corrected chi connectivity index (χ3v) is 4.16. The molecule has 4 rings (SSSR count). The summed E-state index contributed by atoms with van der Waals surface area (Å²) in [4.78, 5) is 17.2. The first-order valence-electron chi connectivity index (χ1n) is 8.49. The zero-order valence-corrected chi connectivity index (χ0v) is 14.7. The first kappa shape index (κ1) is 16.7. The van der Waals surface area contributed by atoms with Crippen LogP contribution < -0.4 is 15.4 Å². The van der Waals surface area contributed by atoms with E-state index in [1.165, 1.54) is 0 Å². The quantitative estimate of drug-likeness (QED) is 0.558. The molecule has 0 spiro atoms. The number of anilines is 2. The molecule has 2 heterocycles. The number of nitrogens with one attached hydrogen (secondary N) is 2. The Bertz CT molecular complexity index is 1070. The SMILES string of the molecule is COc1ccc(-c2nc3ccccn3c2NC(=O)Nc2ccccc2)cc1. The number of carbonyl (C=O) groups is 1. The van der Waals surface area contributed by atoms with Crippen LogP contribution in [0.3, 0.4) is 0 Å². The number of amides is 2. The average molecular weight is 358 g/mol. The van der Waals surface area contributed by atoms with E-state index in [1.807, 2.05) is 83.4 Å². The van der Waals surface area contributed by atoms with E-state index in [1.54, 1.807) is 7.11 Å². The topological polar surface area (TPSA) is 67.7 Å². The third kappa shape index (κ3) is 3.46. The van der Waals surface area contributed by atoms with Gasteiger partial charge in [0.2, 0.25) is 0 Å². The van der Waals surface area contributed by atoms with Crippen molar-refractivity contribution in [3.05, 3.63) is 79.0 Å². The molecule has 134 valence electrons. The van der Waals surface area contributed by atoms with Gasteiger partial charge in [0.1, 0.15) is 22.9 Å². The van der Waals surface area contributed by atoms with Gasteiger partial charge in [-0.05, 0) is 48.5 Å². The highest BCUT2D eigenvalue weighted by Crippen LogP contribution is 2.30. The van der Waals surface area contributed by atoms with Gasteiger partial charge >= 0.3 is 6.03 Å². The maximum Gasteiger partial charge on any atom is 0.324 e. The van der Waals surface area contributed by atoms with Crippen LogP contribution in [0.5, 0.6) is 5.75 Å². The number of carbonyl (C=O) groups excluding carboxylic acids is 1. The molecule has 0 saturated heterocycles. The molecule has 4 aromatic rings. The zero-order valence-electron chi connectivity index (χ0n) is 14.7. The van der Waals surface area contributed by atoms with Crippen molar-refractivity contribution in [1.29, 1.82) is 0 Å². The largest absolute Gasteiger partial charge is 0.497 e. The summed E-state index contributed by atoms with van der Waals surface area (Å²) in [7, 11) is 1.63. The van der Waals surface area contributed by atoms with Gasteiger partial charge < -0.3 is 10.1 Å². The second-order valence-corrected chi connectivity index (χ2v) is 5.91. The Morgan fingerprint density at radius 3 is 2.41 bits per heavy atom. The number of benzene rings is 2. The summed E-state index contributed by atoms with van der Waals surface area (Å²) in [5, 5.41) is 5.76. The van der Waals surface area contributed by atoms with Crippen LogP contribution in [0, 0.1) is 0 Å². The molecular weight excluding hydrogens is 340 g/mol. The molecule has 6 heteroatoms. The number of hydrogen-bond acceptors (Lipinski definition) is 3. The second-order valence-electron chi connectivity index (χ2n) is 5.91. The molecule has 0 aliphatic rings. The fourth-order valence-electron chi connectivity index (χ4n) is 2.86. The molecule has 0 saturated carbocycles. The van der Waals surface area contributed by atoms with Gasteiger partial charge in [0.15, 0.2) is 0 Å². The first-order valence-corrected chi connectivity index (χ1v) is 8.49. The normalized spacial score (nSPS) is 10.6. The lowest BCUT2D eigenvalue weighted by molar-refractivity contribution is 0.262. The molecule has 2 aromatic heterocycles. The van der Waals surface area contributed by atoms with Crippen LogP contribution in [0.4, 0.5) is 16.3 Å². The van der Waals surface area contributed by atoms with Crippen LogP contribution >= 0.6 is 0 Å². The number of fused-ring (bicyclic) bond motifs is 1. The predicted molar refractivity (Wildman–Crippen MR) is 106 cm³/mol. The summed E-state index contributed by atoms with van der Waals surface area (Å²) < 4.78 is 7.07. The predicted octanol–water partition coefficient (Wildman–Crippen LogP) is 4.65. The lowest BCUT2D eigenvalue weighted by Gasteiger charge is -2.09. The van der Waals surface area contributed by atoms with Gasteiger partial charge in [0.25, 0.3) is 0 Å². The minimum absolute atomic E-state index is 0.332. The van der Waals surface area contributed by atoms with Crippen LogP contribution in [0.25, 0.3) is 16.9 Å². The number of aromatic nitrogens is 2. The van der Waals surface area contributed by atoms with Crippen LogP contribution in [0.2, 0.25) is 0 Å². The van der Waals surface area contributed by atoms with Crippen molar-refractivity contribution in [2.75, 3.05) is 17.7 Å². The number of rotatable bonds is 4. The van der Waals surface area contributed by atoms with Gasteiger partial charge in [-0.3, -0.25) is 9.72 Å². The highest BCUT2D eigenvalue weighted by molar-refractivity contribution is 6.01. The number of urea groups is 1. The second kappa shape index (κ2) is 7.21. The van der Waals surface area contributed by atoms with E-state index in [0.717, 1.165) is 22.6 Å². The standard InChI is InChI=1S/C21H18N4O2/c1-27-17-12-10-15(11-13-17)19-20(25-14-6-5-9-18(25)23-19)24-21(26)22-16-7-3-2-4-8-16/h2-14H,1H3,(H2,22,24,26). The Morgan fingerprint density at radius 1 is 0.926 bits per heavy atom. The lowest BCUT2D eigenvalue weighted by atomic mass is 10.1. The number of ether oxygens (including phenoxy) is 1. The monoisotopic (exact) mass is 358 g/mol. The summed E-state index contributed by atoms with van der Waals surface area (Å²) in [5.74, 6) is 1.36. The highest BCUT2D eigenvalue weighted by Gasteiger charge is 2.16. The number of methoxy groups -OCH3 is 1. The molecular formula is C21H18N4O2. The van der Waals surface area contributed by atoms with Crippen LogP contribution in [-0.4, -0.2) is 22.5 Å². The highest BCUT2D eigenvalue weighted by atomic mass is 16.5. The summed E-state index contributed by atoms with van der Waals surface area (Å²) in [5.41, 5.74) is 3.04. The number of pyridine rings is 1. The molecule has 0 aliphatic heterocycles. The maximum atomic E-state index is 12.5. The van der Waals surface area contributed by atoms with E-state index in [2.05, 4.69) is 15.6 Å². The molecule has 0 atom stereocenters. The maximum absolute atomic E-state index is 12.5. The molecule has 2 amide bonds. The van der Waals surface area contributed by atoms with Gasteiger partial charge in [0, 0.05) is 17.4 Å². The van der Waals surface area contributed by atoms with E-state index >= 15 is 0 Å². The molecule has 0 bridgehead atoms. The van der Waals surface area contributed by atoms with E-state index in [9.17, 15) is 4.79 Å². The number of hydrogen-bond donors (Lipinski definition) is 2. The number of para-hydroxylation sites is 1. The molecule has 2 N–H and O–H groups in total. The van der Waals surface area contributed by atoms with Crippen molar-refractivity contribution in [3.8, 4) is 17.0 Å². The molecule has 27 heavy (non-hydrogen) atoms. The molecule has 0 unspecified atom stereocenters. The lowest BCUT2D eigenvalue weighted by Crippen LogP contribution is -2.20. The van der Waals surface area contributed by atoms with E-state index in [-0.39, 0.29) is 6.03 Å². The minimum Gasteiger partial charge on any atom is -0.497 e. The van der Waals surface area contributed by atoms with Crippen molar-refractivity contribution >= 4 is 23.2 Å². The van der Waals surface area contributed by atoms with Gasteiger partial charge in [0.05, 0.1) is 7.11 Å². The van der Waals surface area contributed by atoms with Crippen molar-refractivity contribution in [2.24, 2.45) is 0 Å². The number of nitrogens with zero attached hydrogens (tertiary/aromatic N) is 2. The van der Waals surface area contributed by atoms with E-state index < -0.39 is 0 Å². The van der Waals surface area contributed by atoms with Crippen molar-refractivity contribution in [1.82, 2.24) is 9.38 Å². The molecule has 0 radical (unpaired) electrons. The Morgan fingerprint density at radius 2 is 1.67 bits per heavy atom. The zero-order chi connectivity index (χ0) is 18.6. The smallest absolute Gasteiger partial charge is 0.324 e. The Hall–Kier alpha value is -3.80. The van der Waals surface area contributed by atoms with Crippen molar-refractivity contribution < 1.29 is 9.53 Å². The van der Waals surface area contributed by atoms with Gasteiger partial charge in [-0.1, -0.05) is 24.3 Å². The molecule has 2 aromatic carbocycles. The fraction of sp³-hybridized carbons (Fsp3) is 0.0476. The molecule has 6 nitrogen and oxygen atoms in total. The van der Waals surface area contributed by atoms with Crippen molar-refractivity contribution in [3.63, 3.8) is 0 Å². The Balaban J connectivity index is 1.70. The third-order valence-electron chi connectivity index (χ3n) is 4.16. The van der Waals surface area contributed by atoms with Crippen LogP contribution in [0.1, 0.15) is 0 Å². The first-order chi connectivity index (χ1) is 13.2. The van der Waals surface area contributed by atoms with E-state index in [4.69, 9.17) is 4.74 Å². The molecule has 0 fully saturated rings. The number of imidazole rings is 1. The van der Waals surface area contributed by atoms with Crippen molar-refractivity contribution in [2.45, 2.75) is 0 Å². The fourth-order valence-corrected chi connectivity index (χ4v) is 2.86. The van der Waals surface area contributed by atoms with Gasteiger partial charge in [-0.2, -0.15) is 0 Å². The summed E-state index contributed by atoms with van der Waals surface area (Å²) in [6, 6.07) is 22.2. The summed E-state index contributed by atoms with van der Waals surface area (Å²) >= 11 is 0. The van der Waals surface area contributed by atoms with Crippen LogP contribution in [-0.2, 0) is 0 Å². The van der Waals surface area contributed by atoms with Crippen LogP contribution in [0.15, 0.2) is 79.0 Å². The minimum atomic E-state index is -0.332. The Labute approximate surface area is 156 Å².